The highest BCUT2D eigenvalue weighted by Gasteiger charge is 2.43. The molecule has 0 radical (unpaired) electrons. The molecule has 1 aliphatic heterocycles. The minimum absolute atomic E-state index is 0.0313. The van der Waals surface area contributed by atoms with Crippen LogP contribution in [-0.4, -0.2) is 53.7 Å². The molecule has 1 aliphatic rings. The molecule has 6 heteroatoms. The summed E-state index contributed by atoms with van der Waals surface area (Å²) in [6.45, 7) is 8.20. The molecular weight excluding hydrogens is 410 g/mol. The smallest absolute Gasteiger partial charge is 0.318 e. The first-order chi connectivity index (χ1) is 14.7. The van der Waals surface area contributed by atoms with Gasteiger partial charge in [0.2, 0.25) is 0 Å². The van der Waals surface area contributed by atoms with Crippen molar-refractivity contribution in [3.8, 4) is 0 Å². The number of urea groups is 1. The maximum Gasteiger partial charge on any atom is 0.318 e. The number of hydrogen-bond donors (Lipinski definition) is 2. The average molecular weight is 444 g/mol. The molecule has 2 N–H and O–H groups in total. The summed E-state index contributed by atoms with van der Waals surface area (Å²) >= 11 is 6.30. The molecule has 2 amide bonds. The molecule has 1 fully saturated rings. The van der Waals surface area contributed by atoms with Gasteiger partial charge in [-0.25, -0.2) is 4.79 Å². The van der Waals surface area contributed by atoms with Crippen LogP contribution < -0.4 is 5.32 Å². The van der Waals surface area contributed by atoms with Crippen molar-refractivity contribution >= 4 is 17.6 Å². The summed E-state index contributed by atoms with van der Waals surface area (Å²) in [6, 6.07) is 15.4. The molecule has 31 heavy (non-hydrogen) atoms. The highest BCUT2D eigenvalue weighted by molar-refractivity contribution is 6.31. The van der Waals surface area contributed by atoms with Crippen LogP contribution in [0.3, 0.4) is 0 Å². The Hall–Kier alpha value is -2.08. The molecule has 0 spiro atoms. The molecular formula is C25H34ClN3O2. The number of carbonyl (C=O) groups excluding carboxylic acids is 1. The quantitative estimate of drug-likeness (QED) is 0.684. The first-order valence-corrected chi connectivity index (χ1v) is 11.3. The zero-order chi connectivity index (χ0) is 22.6. The van der Waals surface area contributed by atoms with E-state index in [0.29, 0.717) is 11.6 Å². The van der Waals surface area contributed by atoms with Gasteiger partial charge >= 0.3 is 6.03 Å². The predicted octanol–water partition coefficient (Wildman–Crippen LogP) is 4.62. The van der Waals surface area contributed by atoms with E-state index in [1.165, 1.54) is 0 Å². The number of rotatable bonds is 6. The van der Waals surface area contributed by atoms with Crippen LogP contribution in [-0.2, 0) is 6.54 Å². The van der Waals surface area contributed by atoms with Crippen LogP contribution in [0.25, 0.3) is 0 Å². The zero-order valence-corrected chi connectivity index (χ0v) is 19.7. The Balaban J connectivity index is 1.88. The molecule has 3 unspecified atom stereocenters. The average Bonchev–Trinajstić information content (AvgIpc) is 2.75. The second-order valence-corrected chi connectivity index (χ2v) is 9.50. The number of aliphatic hydroxyl groups is 1. The van der Waals surface area contributed by atoms with Gasteiger partial charge in [-0.1, -0.05) is 61.0 Å². The predicted molar refractivity (Wildman–Crippen MR) is 126 cm³/mol. The first kappa shape index (κ1) is 23.6. The van der Waals surface area contributed by atoms with E-state index in [1.54, 1.807) is 0 Å². The summed E-state index contributed by atoms with van der Waals surface area (Å²) in [4.78, 5) is 17.7. The number of nitrogens with one attached hydrogen (secondary N) is 1. The van der Waals surface area contributed by atoms with E-state index in [2.05, 4.69) is 24.2 Å². The van der Waals surface area contributed by atoms with Gasteiger partial charge in [-0.15, -0.1) is 0 Å². The Kier molecular flexibility index (Phi) is 7.63. The van der Waals surface area contributed by atoms with E-state index in [1.807, 2.05) is 67.3 Å². The normalized spacial score (nSPS) is 22.7. The number of piperidine rings is 1. The van der Waals surface area contributed by atoms with E-state index in [0.717, 1.165) is 36.2 Å². The van der Waals surface area contributed by atoms with Crippen molar-refractivity contribution in [2.45, 2.75) is 45.8 Å². The lowest BCUT2D eigenvalue weighted by Crippen LogP contribution is -2.60. The highest BCUT2D eigenvalue weighted by atomic mass is 35.5. The molecule has 168 valence electrons. The summed E-state index contributed by atoms with van der Waals surface area (Å²) in [7, 11) is 2.07. The summed E-state index contributed by atoms with van der Waals surface area (Å²) in [5, 5.41) is 14.1. The van der Waals surface area contributed by atoms with Crippen LogP contribution in [0.4, 0.5) is 4.79 Å². The number of likely N-dealkylation sites (tertiary alicyclic amines) is 1. The molecule has 3 rings (SSSR count). The van der Waals surface area contributed by atoms with Crippen molar-refractivity contribution in [3.05, 3.63) is 70.2 Å². The van der Waals surface area contributed by atoms with E-state index in [9.17, 15) is 9.90 Å². The summed E-state index contributed by atoms with van der Waals surface area (Å²) in [5.74, 6) is 0. The summed E-state index contributed by atoms with van der Waals surface area (Å²) in [6.07, 6.45) is 0.818. The maximum atomic E-state index is 13.6. The van der Waals surface area contributed by atoms with Crippen molar-refractivity contribution in [1.29, 1.82) is 0 Å². The third kappa shape index (κ3) is 5.40. The molecule has 0 saturated carbocycles. The van der Waals surface area contributed by atoms with E-state index in [4.69, 9.17) is 11.6 Å². The standard InChI is InChI=1S/C25H34ClN3O2/c1-18-21(11-8-12-22(18)26)19(2)27-24(31)29(15-20-9-6-5-7-10-20)23-13-14-28(4)16-25(23,3)17-30/h5-12,19,23,30H,13-17H2,1-4H3,(H,27,31). The number of carbonyl (C=O) groups is 1. The van der Waals surface area contributed by atoms with Gasteiger partial charge in [-0.2, -0.15) is 0 Å². The van der Waals surface area contributed by atoms with Crippen LogP contribution in [0, 0.1) is 12.3 Å². The molecule has 2 aromatic rings. The van der Waals surface area contributed by atoms with Crippen LogP contribution in [0.15, 0.2) is 48.5 Å². The number of aliphatic hydroxyl groups excluding tert-OH is 1. The van der Waals surface area contributed by atoms with Crippen LogP contribution in [0.5, 0.6) is 0 Å². The molecule has 0 aromatic heterocycles. The van der Waals surface area contributed by atoms with Crippen LogP contribution in [0.2, 0.25) is 5.02 Å². The molecule has 5 nitrogen and oxygen atoms in total. The van der Waals surface area contributed by atoms with Crippen molar-refractivity contribution in [2.24, 2.45) is 5.41 Å². The lowest BCUT2D eigenvalue weighted by Gasteiger charge is -2.49. The molecule has 1 saturated heterocycles. The minimum Gasteiger partial charge on any atom is -0.396 e. The van der Waals surface area contributed by atoms with Gasteiger partial charge in [0.25, 0.3) is 0 Å². The minimum atomic E-state index is -0.395. The SMILES string of the molecule is Cc1c(Cl)cccc1C(C)NC(=O)N(Cc1ccccc1)C1CCN(C)CC1(C)CO. The molecule has 0 bridgehead atoms. The van der Waals surface area contributed by atoms with Crippen LogP contribution in [0.1, 0.15) is 43.0 Å². The summed E-state index contributed by atoms with van der Waals surface area (Å²) < 4.78 is 0. The highest BCUT2D eigenvalue weighted by Crippen LogP contribution is 2.34. The monoisotopic (exact) mass is 443 g/mol. The maximum absolute atomic E-state index is 13.6. The second-order valence-electron chi connectivity index (χ2n) is 9.09. The van der Waals surface area contributed by atoms with Gasteiger partial charge in [0.15, 0.2) is 0 Å². The lowest BCUT2D eigenvalue weighted by molar-refractivity contribution is -0.0182. The fourth-order valence-corrected chi connectivity index (χ4v) is 4.90. The van der Waals surface area contributed by atoms with Gasteiger partial charge < -0.3 is 20.2 Å². The number of benzene rings is 2. The number of hydrogen-bond acceptors (Lipinski definition) is 3. The van der Waals surface area contributed by atoms with Crippen molar-refractivity contribution in [1.82, 2.24) is 15.1 Å². The summed E-state index contributed by atoms with van der Waals surface area (Å²) in [5.41, 5.74) is 2.66. The van der Waals surface area contributed by atoms with E-state index < -0.39 is 5.41 Å². The topological polar surface area (TPSA) is 55.8 Å². The van der Waals surface area contributed by atoms with Crippen molar-refractivity contribution in [2.75, 3.05) is 26.7 Å². The number of nitrogens with zero attached hydrogens (tertiary/aromatic N) is 2. The Bertz CT molecular complexity index is 892. The fourth-order valence-electron chi connectivity index (χ4n) is 4.72. The Morgan fingerprint density at radius 2 is 2.00 bits per heavy atom. The molecule has 1 heterocycles. The van der Waals surface area contributed by atoms with Crippen LogP contribution >= 0.6 is 11.6 Å². The first-order valence-electron chi connectivity index (χ1n) is 10.9. The van der Waals surface area contributed by atoms with Gasteiger partial charge in [0.1, 0.15) is 0 Å². The lowest BCUT2D eigenvalue weighted by atomic mass is 9.77. The number of amides is 2. The zero-order valence-electron chi connectivity index (χ0n) is 18.9. The van der Waals surface area contributed by atoms with Gasteiger partial charge in [-0.05, 0) is 56.6 Å². The van der Waals surface area contributed by atoms with E-state index in [-0.39, 0.29) is 24.7 Å². The Morgan fingerprint density at radius 3 is 2.68 bits per heavy atom. The third-order valence-corrected chi connectivity index (χ3v) is 6.94. The van der Waals surface area contributed by atoms with Gasteiger partial charge in [0, 0.05) is 29.6 Å². The Labute approximate surface area is 191 Å². The molecule has 2 aromatic carbocycles. The largest absolute Gasteiger partial charge is 0.396 e. The molecule has 3 atom stereocenters. The number of halogens is 1. The van der Waals surface area contributed by atoms with Crippen molar-refractivity contribution in [3.63, 3.8) is 0 Å². The van der Waals surface area contributed by atoms with E-state index >= 15 is 0 Å². The van der Waals surface area contributed by atoms with Gasteiger partial charge in [-0.3, -0.25) is 0 Å². The molecule has 0 aliphatic carbocycles. The second kappa shape index (κ2) is 10.0. The Morgan fingerprint density at radius 1 is 1.29 bits per heavy atom. The van der Waals surface area contributed by atoms with Gasteiger partial charge in [0.05, 0.1) is 12.6 Å². The third-order valence-electron chi connectivity index (χ3n) is 6.53. The van der Waals surface area contributed by atoms with Crippen molar-refractivity contribution < 1.29 is 9.90 Å². The fraction of sp³-hybridized carbons (Fsp3) is 0.480.